The molecule has 5 unspecified atom stereocenters. The Morgan fingerprint density at radius 3 is 2.80 bits per heavy atom. The second-order valence-corrected chi connectivity index (χ2v) is 7.08. The number of fused-ring (bicyclic) bond motifs is 1. The summed E-state index contributed by atoms with van der Waals surface area (Å²) in [5, 5.41) is 10.6. The van der Waals surface area contributed by atoms with Gasteiger partial charge in [-0.3, -0.25) is 4.79 Å². The van der Waals surface area contributed by atoms with E-state index < -0.39 is 30.2 Å². The highest BCUT2D eigenvalue weighted by Gasteiger charge is 2.48. The summed E-state index contributed by atoms with van der Waals surface area (Å²) in [6.45, 7) is 11.3. The molecule has 1 saturated heterocycles. The average Bonchev–Trinajstić information content (AvgIpc) is 2.87. The molecule has 0 aromatic rings. The zero-order valence-corrected chi connectivity index (χ0v) is 15.5. The van der Waals surface area contributed by atoms with E-state index in [-0.39, 0.29) is 17.5 Å². The molecule has 5 atom stereocenters. The molecule has 2 rings (SSSR count). The molecule has 1 fully saturated rings. The van der Waals surface area contributed by atoms with Gasteiger partial charge in [-0.05, 0) is 44.8 Å². The molecule has 1 N–H and O–H groups in total. The SMILES string of the molecule is C=C1C(=O)OC2C(O)C(C)=CCCC(C)=CC(OC(=O)C(C)CC)C12. The third kappa shape index (κ3) is 4.21. The second-order valence-electron chi connectivity index (χ2n) is 7.08. The van der Waals surface area contributed by atoms with Gasteiger partial charge in [-0.1, -0.05) is 32.1 Å². The van der Waals surface area contributed by atoms with Crippen molar-refractivity contribution in [2.24, 2.45) is 11.8 Å². The first-order chi connectivity index (χ1) is 11.8. The van der Waals surface area contributed by atoms with Gasteiger partial charge in [0.1, 0.15) is 18.3 Å². The van der Waals surface area contributed by atoms with E-state index in [0.717, 1.165) is 24.0 Å². The lowest BCUT2D eigenvalue weighted by molar-refractivity contribution is -0.155. The Bertz CT molecular complexity index is 616. The van der Waals surface area contributed by atoms with E-state index in [4.69, 9.17) is 9.47 Å². The van der Waals surface area contributed by atoms with Gasteiger partial charge in [-0.25, -0.2) is 4.79 Å². The summed E-state index contributed by atoms with van der Waals surface area (Å²) >= 11 is 0. The largest absolute Gasteiger partial charge is 0.457 e. The van der Waals surface area contributed by atoms with Crippen LogP contribution in [0, 0.1) is 11.8 Å². The molecule has 1 aliphatic carbocycles. The zero-order chi connectivity index (χ0) is 18.7. The molecule has 0 spiro atoms. The number of aliphatic hydroxyl groups excluding tert-OH is 1. The minimum atomic E-state index is -0.940. The molecule has 1 aliphatic heterocycles. The summed E-state index contributed by atoms with van der Waals surface area (Å²) in [6.07, 6.45) is 3.64. The molecule has 0 aromatic carbocycles. The molecule has 25 heavy (non-hydrogen) atoms. The summed E-state index contributed by atoms with van der Waals surface area (Å²) in [4.78, 5) is 24.4. The number of hydrogen-bond donors (Lipinski definition) is 1. The molecule has 0 radical (unpaired) electrons. The van der Waals surface area contributed by atoms with Gasteiger partial charge in [-0.15, -0.1) is 0 Å². The van der Waals surface area contributed by atoms with E-state index in [0.29, 0.717) is 6.42 Å². The first kappa shape index (κ1) is 19.4. The van der Waals surface area contributed by atoms with Crippen molar-refractivity contribution in [1.82, 2.24) is 0 Å². The predicted molar refractivity (Wildman–Crippen MR) is 94.6 cm³/mol. The number of ether oxygens (including phenoxy) is 2. The molecular formula is C20H28O5. The van der Waals surface area contributed by atoms with Crippen molar-refractivity contribution in [3.63, 3.8) is 0 Å². The van der Waals surface area contributed by atoms with Gasteiger partial charge in [0.2, 0.25) is 0 Å². The number of carbonyl (C=O) groups is 2. The van der Waals surface area contributed by atoms with E-state index in [1.807, 2.05) is 39.8 Å². The topological polar surface area (TPSA) is 72.8 Å². The number of carbonyl (C=O) groups excluding carboxylic acids is 2. The minimum Gasteiger partial charge on any atom is -0.457 e. The van der Waals surface area contributed by atoms with E-state index in [9.17, 15) is 14.7 Å². The zero-order valence-electron chi connectivity index (χ0n) is 15.5. The van der Waals surface area contributed by atoms with Crippen LogP contribution in [-0.2, 0) is 19.1 Å². The van der Waals surface area contributed by atoms with Crippen molar-refractivity contribution in [3.8, 4) is 0 Å². The predicted octanol–water partition coefficient (Wildman–Crippen LogP) is 3.09. The van der Waals surface area contributed by atoms with Crippen molar-refractivity contribution in [2.75, 3.05) is 0 Å². The number of esters is 2. The van der Waals surface area contributed by atoms with Crippen LogP contribution < -0.4 is 0 Å². The lowest BCUT2D eigenvalue weighted by Gasteiger charge is -2.30. The molecule has 0 amide bonds. The van der Waals surface area contributed by atoms with Crippen molar-refractivity contribution in [1.29, 1.82) is 0 Å². The third-order valence-corrected chi connectivity index (χ3v) is 5.11. The van der Waals surface area contributed by atoms with Gasteiger partial charge in [0, 0.05) is 5.57 Å². The third-order valence-electron chi connectivity index (χ3n) is 5.11. The molecule has 1 heterocycles. The van der Waals surface area contributed by atoms with Crippen LogP contribution in [0.1, 0.15) is 47.0 Å². The van der Waals surface area contributed by atoms with E-state index in [1.165, 1.54) is 0 Å². The fourth-order valence-electron chi connectivity index (χ4n) is 3.15. The average molecular weight is 348 g/mol. The van der Waals surface area contributed by atoms with Crippen LogP contribution in [0.15, 0.2) is 35.5 Å². The fourth-order valence-corrected chi connectivity index (χ4v) is 3.15. The summed E-state index contributed by atoms with van der Waals surface area (Å²) in [7, 11) is 0. The van der Waals surface area contributed by atoms with Crippen LogP contribution in [0.25, 0.3) is 0 Å². The lowest BCUT2D eigenvalue weighted by Crippen LogP contribution is -2.40. The number of allylic oxidation sites excluding steroid dienone is 2. The van der Waals surface area contributed by atoms with E-state index in [1.54, 1.807) is 0 Å². The van der Waals surface area contributed by atoms with Gasteiger partial charge in [0.05, 0.1) is 11.8 Å². The smallest absolute Gasteiger partial charge is 0.334 e. The molecule has 5 heteroatoms. The maximum Gasteiger partial charge on any atom is 0.334 e. The highest BCUT2D eigenvalue weighted by atomic mass is 16.6. The molecule has 2 aliphatic rings. The first-order valence-corrected chi connectivity index (χ1v) is 8.88. The van der Waals surface area contributed by atoms with Crippen LogP contribution in [0.5, 0.6) is 0 Å². The van der Waals surface area contributed by atoms with E-state index >= 15 is 0 Å². The fraction of sp³-hybridized carbons (Fsp3) is 0.600. The first-order valence-electron chi connectivity index (χ1n) is 8.88. The summed E-state index contributed by atoms with van der Waals surface area (Å²) in [6, 6.07) is 0. The maximum atomic E-state index is 12.3. The lowest BCUT2D eigenvalue weighted by atomic mass is 9.84. The summed E-state index contributed by atoms with van der Waals surface area (Å²) in [5.41, 5.74) is 2.05. The van der Waals surface area contributed by atoms with Crippen molar-refractivity contribution < 1.29 is 24.2 Å². The van der Waals surface area contributed by atoms with Crippen LogP contribution in [-0.4, -0.2) is 35.4 Å². The maximum absolute atomic E-state index is 12.3. The Kier molecular flexibility index (Phi) is 6.22. The molecule has 0 aromatic heterocycles. The Morgan fingerprint density at radius 2 is 2.16 bits per heavy atom. The normalized spacial score (nSPS) is 31.4. The van der Waals surface area contributed by atoms with Crippen molar-refractivity contribution in [2.45, 2.75) is 65.3 Å². The molecule has 0 bridgehead atoms. The highest BCUT2D eigenvalue weighted by molar-refractivity contribution is 5.91. The van der Waals surface area contributed by atoms with Gasteiger partial charge in [0.15, 0.2) is 0 Å². The number of aliphatic hydroxyl groups is 1. The molecule has 138 valence electrons. The van der Waals surface area contributed by atoms with Gasteiger partial charge >= 0.3 is 11.9 Å². The minimum absolute atomic E-state index is 0.236. The second kappa shape index (κ2) is 8.00. The standard InChI is InChI=1S/C20H28O5/c1-6-12(3)19(22)24-15-10-11(2)8-7-9-13(4)17(21)18-16(15)14(5)20(23)25-18/h9-10,12,15-18,21H,5-8H2,1-4H3. The monoisotopic (exact) mass is 348 g/mol. The Morgan fingerprint density at radius 1 is 1.48 bits per heavy atom. The number of hydrogen-bond acceptors (Lipinski definition) is 5. The van der Waals surface area contributed by atoms with Crippen LogP contribution in [0.2, 0.25) is 0 Å². The Labute approximate surface area is 149 Å². The van der Waals surface area contributed by atoms with Gasteiger partial charge < -0.3 is 14.6 Å². The quantitative estimate of drug-likeness (QED) is 0.482. The van der Waals surface area contributed by atoms with Crippen molar-refractivity contribution >= 4 is 11.9 Å². The van der Waals surface area contributed by atoms with E-state index in [2.05, 4.69) is 6.58 Å². The summed E-state index contributed by atoms with van der Waals surface area (Å²) in [5.74, 6) is -1.69. The Balaban J connectivity index is 2.42. The molecule has 5 nitrogen and oxygen atoms in total. The van der Waals surface area contributed by atoms with Crippen molar-refractivity contribution in [3.05, 3.63) is 35.5 Å². The number of rotatable bonds is 3. The molecular weight excluding hydrogens is 320 g/mol. The summed E-state index contributed by atoms with van der Waals surface area (Å²) < 4.78 is 11.1. The van der Waals surface area contributed by atoms with Crippen LogP contribution in [0.3, 0.4) is 0 Å². The van der Waals surface area contributed by atoms with Gasteiger partial charge in [-0.2, -0.15) is 0 Å². The Hall–Kier alpha value is -1.88. The van der Waals surface area contributed by atoms with Crippen LogP contribution in [0.4, 0.5) is 0 Å². The van der Waals surface area contributed by atoms with Crippen LogP contribution >= 0.6 is 0 Å². The highest BCUT2D eigenvalue weighted by Crippen LogP contribution is 2.37. The molecule has 0 saturated carbocycles. The van der Waals surface area contributed by atoms with Gasteiger partial charge in [0.25, 0.3) is 0 Å².